The largest absolute Gasteiger partial charge is 0.493 e. The molecule has 1 saturated heterocycles. The Bertz CT molecular complexity index is 795. The zero-order valence-corrected chi connectivity index (χ0v) is 20.9. The highest BCUT2D eigenvalue weighted by Gasteiger charge is 2.36. The van der Waals surface area contributed by atoms with E-state index in [1.165, 1.54) is 6.42 Å². The first kappa shape index (κ1) is 22.1. The van der Waals surface area contributed by atoms with E-state index in [0.717, 1.165) is 52.8 Å². The van der Waals surface area contributed by atoms with Gasteiger partial charge in [-0.25, -0.2) is 4.68 Å². The van der Waals surface area contributed by atoms with E-state index in [0.29, 0.717) is 6.61 Å². The molecule has 1 unspecified atom stereocenters. The number of benzene rings is 1. The normalized spacial score (nSPS) is 18.6. The second kappa shape index (κ2) is 9.02. The fourth-order valence-corrected chi connectivity index (χ4v) is 4.85. The van der Waals surface area contributed by atoms with Gasteiger partial charge in [0.25, 0.3) is 0 Å². The Balaban J connectivity index is 1.57. The third kappa shape index (κ3) is 5.09. The number of rotatable bonds is 7. The smallest absolute Gasteiger partial charge is 0.191 e. The number of aromatic nitrogens is 2. The highest BCUT2D eigenvalue weighted by Crippen LogP contribution is 2.36. The van der Waals surface area contributed by atoms with Crippen molar-refractivity contribution in [2.45, 2.75) is 70.8 Å². The third-order valence-electron chi connectivity index (χ3n) is 5.89. The fourth-order valence-electron chi connectivity index (χ4n) is 3.10. The predicted molar refractivity (Wildman–Crippen MR) is 125 cm³/mol. The Morgan fingerprint density at radius 3 is 2.71 bits per heavy atom. The van der Waals surface area contributed by atoms with Crippen LogP contribution in [0.4, 0.5) is 0 Å². The van der Waals surface area contributed by atoms with Gasteiger partial charge in [0.15, 0.2) is 14.5 Å². The lowest BCUT2D eigenvalue weighted by Crippen LogP contribution is -2.41. The van der Waals surface area contributed by atoms with Gasteiger partial charge >= 0.3 is 0 Å². The lowest BCUT2D eigenvalue weighted by atomic mass is 10.2. The van der Waals surface area contributed by atoms with E-state index in [2.05, 4.69) is 68.6 Å². The van der Waals surface area contributed by atoms with Gasteiger partial charge in [-0.15, -0.1) is 0 Å². The number of hydrogen-bond acceptors (Lipinski definition) is 4. The molecule has 5 nitrogen and oxygen atoms in total. The highest BCUT2D eigenvalue weighted by molar-refractivity contribution is 14.1. The lowest BCUT2D eigenvalue weighted by Gasteiger charge is -2.36. The summed E-state index contributed by atoms with van der Waals surface area (Å²) in [4.78, 5) is 0. The molecule has 0 aliphatic carbocycles. The van der Waals surface area contributed by atoms with E-state index in [1.807, 2.05) is 10.7 Å². The van der Waals surface area contributed by atoms with E-state index in [-0.39, 0.29) is 11.3 Å². The van der Waals surface area contributed by atoms with Crippen molar-refractivity contribution in [3.8, 4) is 5.75 Å². The minimum Gasteiger partial charge on any atom is -0.493 e. The maximum Gasteiger partial charge on any atom is 0.191 e. The minimum atomic E-state index is -1.67. The van der Waals surface area contributed by atoms with Crippen LogP contribution in [0.2, 0.25) is 18.1 Å². The summed E-state index contributed by atoms with van der Waals surface area (Å²) < 4.78 is 21.2. The Kier molecular flexibility index (Phi) is 7.10. The molecule has 2 heterocycles. The first-order valence-corrected chi connectivity index (χ1v) is 14.2. The average molecular weight is 516 g/mol. The molecule has 1 aromatic heterocycles. The van der Waals surface area contributed by atoms with Crippen LogP contribution in [-0.2, 0) is 9.16 Å². The maximum absolute atomic E-state index is 6.22. The van der Waals surface area contributed by atoms with Crippen molar-refractivity contribution >= 4 is 41.8 Å². The second-order valence-corrected chi connectivity index (χ2v) is 14.9. The van der Waals surface area contributed by atoms with Crippen LogP contribution in [0, 0.1) is 3.70 Å². The van der Waals surface area contributed by atoms with Crippen molar-refractivity contribution in [2.24, 2.45) is 0 Å². The topological polar surface area (TPSA) is 45.5 Å². The van der Waals surface area contributed by atoms with Crippen molar-refractivity contribution in [1.82, 2.24) is 9.78 Å². The monoisotopic (exact) mass is 516 g/mol. The van der Waals surface area contributed by atoms with Gasteiger partial charge in [-0.1, -0.05) is 20.8 Å². The maximum atomic E-state index is 6.22. The summed E-state index contributed by atoms with van der Waals surface area (Å²) >= 11 is 2.30. The summed E-state index contributed by atoms with van der Waals surface area (Å²) in [6.07, 6.45) is 4.32. The summed E-state index contributed by atoms with van der Waals surface area (Å²) in [6, 6.07) is 6.23. The molecular formula is C21H33IN2O3Si. The Morgan fingerprint density at radius 2 is 2.04 bits per heavy atom. The number of fused-ring (bicyclic) bond motifs is 1. The molecule has 2 aromatic rings. The van der Waals surface area contributed by atoms with Crippen molar-refractivity contribution < 1.29 is 13.9 Å². The summed E-state index contributed by atoms with van der Waals surface area (Å²) in [5.74, 6) is 0.891. The van der Waals surface area contributed by atoms with Gasteiger partial charge < -0.3 is 13.9 Å². The molecule has 7 heteroatoms. The van der Waals surface area contributed by atoms with Crippen LogP contribution in [0.15, 0.2) is 18.2 Å². The van der Waals surface area contributed by atoms with E-state index in [1.54, 1.807) is 0 Å². The van der Waals surface area contributed by atoms with Crippen LogP contribution >= 0.6 is 22.6 Å². The van der Waals surface area contributed by atoms with Crippen molar-refractivity contribution in [2.75, 3.05) is 19.8 Å². The zero-order valence-electron chi connectivity index (χ0n) is 17.8. The molecule has 1 atom stereocenters. The van der Waals surface area contributed by atoms with E-state index in [9.17, 15) is 0 Å². The van der Waals surface area contributed by atoms with Crippen molar-refractivity contribution in [3.63, 3.8) is 0 Å². The van der Waals surface area contributed by atoms with Gasteiger partial charge in [-0.05, 0) is 78.2 Å². The van der Waals surface area contributed by atoms with Crippen LogP contribution in [0.1, 0.15) is 52.7 Å². The second-order valence-electron chi connectivity index (χ2n) is 9.05. The Labute approximate surface area is 183 Å². The third-order valence-corrected chi connectivity index (χ3v) is 11.2. The molecule has 0 N–H and O–H groups in total. The molecule has 0 amide bonds. The SMILES string of the molecule is CC(C)(C)[Si](C)(C)OCCCOc1ccc2c(c1)c(I)nn2C1CCCCO1. The summed E-state index contributed by atoms with van der Waals surface area (Å²) in [6.45, 7) is 13.6. The van der Waals surface area contributed by atoms with Crippen LogP contribution < -0.4 is 4.74 Å². The molecule has 156 valence electrons. The minimum absolute atomic E-state index is 0.0546. The number of ether oxygens (including phenoxy) is 2. The van der Waals surface area contributed by atoms with Gasteiger partial charge in [0.2, 0.25) is 0 Å². The van der Waals surface area contributed by atoms with Crippen LogP contribution in [-0.4, -0.2) is 37.9 Å². The summed E-state index contributed by atoms with van der Waals surface area (Å²) in [5.41, 5.74) is 1.12. The van der Waals surface area contributed by atoms with Gasteiger partial charge in [0.1, 0.15) is 9.45 Å². The molecule has 28 heavy (non-hydrogen) atoms. The van der Waals surface area contributed by atoms with E-state index in [4.69, 9.17) is 19.0 Å². The van der Waals surface area contributed by atoms with Gasteiger partial charge in [-0.3, -0.25) is 0 Å². The summed E-state index contributed by atoms with van der Waals surface area (Å²) in [7, 11) is -1.67. The number of hydrogen-bond donors (Lipinski definition) is 0. The number of halogens is 1. The standard InChI is InChI=1S/C21H33IN2O3Si/c1-21(2,3)28(4,5)27-14-8-13-25-16-10-11-18-17(15-16)20(22)23-24(18)19-9-6-7-12-26-19/h10-11,15,19H,6-9,12-14H2,1-5H3. The molecule has 0 radical (unpaired) electrons. The van der Waals surface area contributed by atoms with Crippen molar-refractivity contribution in [3.05, 3.63) is 21.9 Å². The van der Waals surface area contributed by atoms with E-state index >= 15 is 0 Å². The molecule has 1 aromatic carbocycles. The fraction of sp³-hybridized carbons (Fsp3) is 0.667. The molecular weight excluding hydrogens is 483 g/mol. The molecule has 1 fully saturated rings. The molecule has 0 spiro atoms. The first-order valence-electron chi connectivity index (χ1n) is 10.3. The Morgan fingerprint density at radius 1 is 1.25 bits per heavy atom. The quantitative estimate of drug-likeness (QED) is 0.252. The van der Waals surface area contributed by atoms with Crippen LogP contribution in [0.25, 0.3) is 10.9 Å². The lowest BCUT2D eigenvalue weighted by molar-refractivity contribution is -0.0368. The predicted octanol–water partition coefficient (Wildman–Crippen LogP) is 6.13. The van der Waals surface area contributed by atoms with Crippen LogP contribution in [0.5, 0.6) is 5.75 Å². The van der Waals surface area contributed by atoms with E-state index < -0.39 is 8.32 Å². The van der Waals surface area contributed by atoms with Gasteiger partial charge in [0.05, 0.1) is 12.1 Å². The number of nitrogens with zero attached hydrogens (tertiary/aromatic N) is 2. The molecule has 3 rings (SSSR count). The van der Waals surface area contributed by atoms with Crippen molar-refractivity contribution in [1.29, 1.82) is 0 Å². The molecule has 0 bridgehead atoms. The molecule has 1 aliphatic heterocycles. The first-order chi connectivity index (χ1) is 13.2. The molecule has 0 saturated carbocycles. The average Bonchev–Trinajstić information content (AvgIpc) is 2.97. The highest BCUT2D eigenvalue weighted by atomic mass is 127. The Hall–Kier alpha value is -0.643. The summed E-state index contributed by atoms with van der Waals surface area (Å²) in [5, 5.41) is 6.10. The zero-order chi connectivity index (χ0) is 20.4. The van der Waals surface area contributed by atoms with Gasteiger partial charge in [0, 0.05) is 25.0 Å². The van der Waals surface area contributed by atoms with Crippen LogP contribution in [0.3, 0.4) is 0 Å². The molecule has 1 aliphatic rings. The van der Waals surface area contributed by atoms with Gasteiger partial charge in [-0.2, -0.15) is 5.10 Å².